The number of ether oxygens (including phenoxy) is 1. The van der Waals surface area contributed by atoms with Crippen LogP contribution in [0.25, 0.3) is 0 Å². The van der Waals surface area contributed by atoms with Crippen LogP contribution in [0.3, 0.4) is 0 Å². The first-order valence-corrected chi connectivity index (χ1v) is 7.29. The number of primary amides is 1. The van der Waals surface area contributed by atoms with Crippen molar-refractivity contribution in [3.8, 4) is 0 Å². The summed E-state index contributed by atoms with van der Waals surface area (Å²) in [5.41, 5.74) is 4.76. The number of hydrogen-bond donors (Lipinski definition) is 2. The molecule has 0 bridgehead atoms. The predicted molar refractivity (Wildman–Crippen MR) is 79.9 cm³/mol. The smallest absolute Gasteiger partial charge is 0.312 e. The van der Waals surface area contributed by atoms with Crippen molar-refractivity contribution in [3.63, 3.8) is 0 Å². The fraction of sp³-hybridized carbons (Fsp3) is 0.600. The van der Waals surface area contributed by atoms with E-state index in [1.165, 1.54) is 0 Å². The average molecular weight is 309 g/mol. The molecule has 2 rings (SSSR count). The van der Waals surface area contributed by atoms with Crippen LogP contribution in [0.4, 0.5) is 4.79 Å². The van der Waals surface area contributed by atoms with Crippen LogP contribution >= 0.6 is 0 Å². The van der Waals surface area contributed by atoms with Crippen molar-refractivity contribution in [2.45, 2.75) is 32.9 Å². The quantitative estimate of drug-likeness (QED) is 0.878. The maximum Gasteiger partial charge on any atom is 0.312 e. The molecule has 1 aliphatic heterocycles. The Kier molecular flexibility index (Phi) is 4.75. The van der Waals surface area contributed by atoms with Crippen molar-refractivity contribution >= 4 is 11.9 Å². The van der Waals surface area contributed by atoms with Gasteiger partial charge in [-0.2, -0.15) is 0 Å². The third kappa shape index (κ3) is 3.79. The second-order valence-electron chi connectivity index (χ2n) is 6.47. The molecule has 0 saturated carbocycles. The summed E-state index contributed by atoms with van der Waals surface area (Å²) in [4.78, 5) is 25.6. The first-order chi connectivity index (χ1) is 10.3. The normalized spacial score (nSPS) is 20.5. The predicted octanol–water partition coefficient (Wildman–Crippen LogP) is 1.26. The van der Waals surface area contributed by atoms with E-state index in [2.05, 4.69) is 5.32 Å². The van der Waals surface area contributed by atoms with Crippen molar-refractivity contribution in [2.75, 3.05) is 19.7 Å². The van der Waals surface area contributed by atoms with Gasteiger partial charge in [0.25, 0.3) is 0 Å². The molecule has 1 aromatic heterocycles. The number of carbonyl (C=O) groups excluding carboxylic acids is 2. The fourth-order valence-electron chi connectivity index (χ4n) is 2.47. The van der Waals surface area contributed by atoms with E-state index < -0.39 is 17.5 Å². The minimum atomic E-state index is -0.705. The van der Waals surface area contributed by atoms with Gasteiger partial charge >= 0.3 is 6.03 Å². The molecule has 1 aliphatic rings. The van der Waals surface area contributed by atoms with Gasteiger partial charge < -0.3 is 25.1 Å². The van der Waals surface area contributed by atoms with Crippen molar-refractivity contribution < 1.29 is 18.7 Å². The third-order valence-electron chi connectivity index (χ3n) is 3.64. The lowest BCUT2D eigenvalue weighted by atomic mass is 9.85. The molecular weight excluding hydrogens is 286 g/mol. The number of nitrogens with one attached hydrogen (secondary N) is 1. The highest BCUT2D eigenvalue weighted by Crippen LogP contribution is 2.26. The molecule has 2 atom stereocenters. The Labute approximate surface area is 129 Å². The second kappa shape index (κ2) is 6.39. The van der Waals surface area contributed by atoms with E-state index in [4.69, 9.17) is 14.9 Å². The first-order valence-electron chi connectivity index (χ1n) is 7.29. The molecule has 7 nitrogen and oxygen atoms in total. The first kappa shape index (κ1) is 16.4. The number of hydrogen-bond acceptors (Lipinski definition) is 4. The number of rotatable bonds is 3. The van der Waals surface area contributed by atoms with E-state index >= 15 is 0 Å². The molecule has 7 heteroatoms. The van der Waals surface area contributed by atoms with Gasteiger partial charge in [0.1, 0.15) is 17.9 Å². The Morgan fingerprint density at radius 3 is 2.73 bits per heavy atom. The molecule has 3 N–H and O–H groups in total. The van der Waals surface area contributed by atoms with Gasteiger partial charge in [0.2, 0.25) is 5.91 Å². The number of morpholine rings is 1. The van der Waals surface area contributed by atoms with Crippen LogP contribution in [-0.4, -0.2) is 42.6 Å². The largest absolute Gasteiger partial charge is 0.467 e. The van der Waals surface area contributed by atoms with Crippen molar-refractivity contribution in [1.82, 2.24) is 10.2 Å². The molecule has 0 aliphatic carbocycles. The number of furan rings is 1. The Morgan fingerprint density at radius 1 is 1.45 bits per heavy atom. The zero-order chi connectivity index (χ0) is 16.3. The highest BCUT2D eigenvalue weighted by molar-refractivity contribution is 5.87. The monoisotopic (exact) mass is 309 g/mol. The van der Waals surface area contributed by atoms with Crippen molar-refractivity contribution in [3.05, 3.63) is 24.2 Å². The van der Waals surface area contributed by atoms with Gasteiger partial charge in [0.05, 0.1) is 19.4 Å². The van der Waals surface area contributed by atoms with Crippen LogP contribution in [0.15, 0.2) is 22.8 Å². The van der Waals surface area contributed by atoms with Crippen LogP contribution in [0.1, 0.15) is 32.6 Å². The van der Waals surface area contributed by atoms with Gasteiger partial charge in [-0.25, -0.2) is 4.79 Å². The van der Waals surface area contributed by atoms with Gasteiger partial charge in [0.15, 0.2) is 0 Å². The van der Waals surface area contributed by atoms with Crippen LogP contribution in [-0.2, 0) is 9.53 Å². The molecule has 2 heterocycles. The summed E-state index contributed by atoms with van der Waals surface area (Å²) in [6, 6.07) is 2.22. The fourth-order valence-corrected chi connectivity index (χ4v) is 2.47. The van der Waals surface area contributed by atoms with Crippen molar-refractivity contribution in [2.24, 2.45) is 11.1 Å². The molecule has 3 amide bonds. The highest BCUT2D eigenvalue weighted by Gasteiger charge is 2.37. The lowest BCUT2D eigenvalue weighted by Gasteiger charge is -2.38. The zero-order valence-corrected chi connectivity index (χ0v) is 13.2. The standard InChI is InChI=1S/C15H23N3O4/c1-15(2,3)12(17-14(16)20)13(19)18-6-8-22-11(9-18)10-5-4-7-21-10/h4-5,7,11-12H,6,8-9H2,1-3H3,(H3,16,17,20)/t11-,12+/m1/s1. The molecule has 22 heavy (non-hydrogen) atoms. The Balaban J connectivity index is 2.11. The minimum absolute atomic E-state index is 0.161. The summed E-state index contributed by atoms with van der Waals surface area (Å²) in [5, 5.41) is 2.55. The van der Waals surface area contributed by atoms with Gasteiger partial charge in [-0.05, 0) is 17.5 Å². The lowest BCUT2D eigenvalue weighted by Crippen LogP contribution is -2.57. The second-order valence-corrected chi connectivity index (χ2v) is 6.47. The molecule has 1 saturated heterocycles. The number of nitrogens with zero attached hydrogens (tertiary/aromatic N) is 1. The van der Waals surface area contributed by atoms with E-state index in [1.54, 1.807) is 17.2 Å². The summed E-state index contributed by atoms with van der Waals surface area (Å²) in [6.07, 6.45) is 1.29. The zero-order valence-electron chi connectivity index (χ0n) is 13.2. The maximum atomic E-state index is 12.8. The molecule has 0 aromatic carbocycles. The Hall–Kier alpha value is -2.02. The van der Waals surface area contributed by atoms with E-state index in [0.717, 1.165) is 0 Å². The summed E-state index contributed by atoms with van der Waals surface area (Å²) in [5.74, 6) is 0.527. The molecule has 122 valence electrons. The molecule has 0 spiro atoms. The molecule has 0 unspecified atom stereocenters. The van der Waals surface area contributed by atoms with Crippen LogP contribution in [0.5, 0.6) is 0 Å². The summed E-state index contributed by atoms with van der Waals surface area (Å²) < 4.78 is 11.0. The van der Waals surface area contributed by atoms with Gasteiger partial charge in [-0.15, -0.1) is 0 Å². The number of urea groups is 1. The number of amides is 3. The molecule has 1 fully saturated rings. The number of carbonyl (C=O) groups is 2. The van der Waals surface area contributed by atoms with Crippen molar-refractivity contribution in [1.29, 1.82) is 0 Å². The van der Waals surface area contributed by atoms with Crippen LogP contribution in [0, 0.1) is 5.41 Å². The van der Waals surface area contributed by atoms with Crippen LogP contribution < -0.4 is 11.1 Å². The number of nitrogens with two attached hydrogens (primary N) is 1. The highest BCUT2D eigenvalue weighted by atomic mass is 16.5. The third-order valence-corrected chi connectivity index (χ3v) is 3.64. The van der Waals surface area contributed by atoms with Crippen LogP contribution in [0.2, 0.25) is 0 Å². The van der Waals surface area contributed by atoms with E-state index in [1.807, 2.05) is 26.8 Å². The Morgan fingerprint density at radius 2 is 2.18 bits per heavy atom. The topological polar surface area (TPSA) is 97.8 Å². The maximum absolute atomic E-state index is 12.8. The summed E-state index contributed by atoms with van der Waals surface area (Å²) >= 11 is 0. The summed E-state index contributed by atoms with van der Waals surface area (Å²) in [7, 11) is 0. The summed E-state index contributed by atoms with van der Waals surface area (Å²) in [6.45, 7) is 6.94. The van der Waals surface area contributed by atoms with Gasteiger partial charge in [-0.3, -0.25) is 4.79 Å². The SMILES string of the molecule is CC(C)(C)[C@@H](NC(N)=O)C(=O)N1CCO[C@@H](c2ccco2)C1. The molecule has 1 aromatic rings. The molecular formula is C15H23N3O4. The molecule has 0 radical (unpaired) electrons. The van der Waals surface area contributed by atoms with Gasteiger partial charge in [-0.1, -0.05) is 20.8 Å². The van der Waals surface area contributed by atoms with E-state index in [-0.39, 0.29) is 12.0 Å². The average Bonchev–Trinajstić information content (AvgIpc) is 2.97. The lowest BCUT2D eigenvalue weighted by molar-refractivity contribution is -0.144. The van der Waals surface area contributed by atoms with Gasteiger partial charge in [0, 0.05) is 6.54 Å². The Bertz CT molecular complexity index is 521. The van der Waals surface area contributed by atoms with E-state index in [9.17, 15) is 9.59 Å². The van der Waals surface area contributed by atoms with E-state index in [0.29, 0.717) is 25.5 Å². The minimum Gasteiger partial charge on any atom is -0.467 e.